The van der Waals surface area contributed by atoms with Crippen molar-refractivity contribution >= 4 is 12.2 Å². The molecule has 2 heterocycles. The van der Waals surface area contributed by atoms with E-state index in [2.05, 4.69) is 25.6 Å². The second-order valence-corrected chi connectivity index (χ2v) is 1.99. The summed E-state index contributed by atoms with van der Waals surface area (Å²) in [6, 6.07) is 3.56. The van der Waals surface area contributed by atoms with Crippen molar-refractivity contribution in [1.29, 1.82) is 0 Å². The first kappa shape index (κ1) is 6.71. The minimum Gasteiger partial charge on any atom is -0.463 e. The summed E-state index contributed by atoms with van der Waals surface area (Å²) in [6.07, 6.45) is 3.09. The molecule has 6 heteroatoms. The van der Waals surface area contributed by atoms with Crippen LogP contribution in [-0.4, -0.2) is 26.8 Å². The number of H-pyrrole nitrogens is 1. The quantitative estimate of drug-likeness (QED) is 0.655. The van der Waals surface area contributed by atoms with Gasteiger partial charge in [0.25, 0.3) is 5.95 Å². The smallest absolute Gasteiger partial charge is 0.288 e. The fraction of sp³-hybridized carbons (Fsp3) is 0. The van der Waals surface area contributed by atoms with Crippen molar-refractivity contribution in [3.8, 4) is 0 Å². The molecule has 60 valence electrons. The van der Waals surface area contributed by atoms with Crippen LogP contribution in [0.3, 0.4) is 0 Å². The van der Waals surface area contributed by atoms with E-state index in [4.69, 9.17) is 4.42 Å². The number of hydrogen-bond donors (Lipinski definition) is 1. The van der Waals surface area contributed by atoms with Crippen LogP contribution in [0, 0.1) is 0 Å². The van der Waals surface area contributed by atoms with Gasteiger partial charge in [-0.1, -0.05) is 5.10 Å². The highest BCUT2D eigenvalue weighted by molar-refractivity contribution is 5.77. The lowest BCUT2D eigenvalue weighted by Crippen LogP contribution is -1.74. The molecule has 6 nitrogen and oxygen atoms in total. The lowest BCUT2D eigenvalue weighted by Gasteiger charge is -1.79. The van der Waals surface area contributed by atoms with Crippen molar-refractivity contribution < 1.29 is 4.42 Å². The van der Waals surface area contributed by atoms with Crippen LogP contribution in [0.5, 0.6) is 0 Å². The summed E-state index contributed by atoms with van der Waals surface area (Å²) in [4.78, 5) is 3.87. The molecule has 12 heavy (non-hydrogen) atoms. The van der Waals surface area contributed by atoms with Gasteiger partial charge >= 0.3 is 0 Å². The monoisotopic (exact) mass is 163 g/mol. The zero-order valence-electron chi connectivity index (χ0n) is 6.01. The Morgan fingerprint density at radius 3 is 3.25 bits per heavy atom. The van der Waals surface area contributed by atoms with Crippen LogP contribution in [0.1, 0.15) is 5.76 Å². The SMILES string of the molecule is C(=Nc1nn[nH]n1)c1ccco1. The first-order valence-electron chi connectivity index (χ1n) is 3.26. The summed E-state index contributed by atoms with van der Waals surface area (Å²) in [5.41, 5.74) is 0. The molecular formula is C6H5N5O. The molecule has 0 saturated carbocycles. The van der Waals surface area contributed by atoms with E-state index in [1.54, 1.807) is 18.4 Å². The molecule has 2 aromatic rings. The van der Waals surface area contributed by atoms with E-state index < -0.39 is 0 Å². The number of tetrazole rings is 1. The van der Waals surface area contributed by atoms with Gasteiger partial charge in [-0.2, -0.15) is 5.21 Å². The van der Waals surface area contributed by atoms with Gasteiger partial charge in [0.15, 0.2) is 0 Å². The van der Waals surface area contributed by atoms with Gasteiger partial charge in [-0.25, -0.2) is 4.99 Å². The van der Waals surface area contributed by atoms with Crippen LogP contribution in [0.25, 0.3) is 0 Å². The van der Waals surface area contributed by atoms with Gasteiger partial charge in [0, 0.05) is 0 Å². The predicted octanol–water partition coefficient (Wildman–Crippen LogP) is 0.543. The molecule has 0 aliphatic rings. The Kier molecular flexibility index (Phi) is 1.65. The van der Waals surface area contributed by atoms with E-state index in [0.717, 1.165) is 0 Å². The zero-order chi connectivity index (χ0) is 8.23. The van der Waals surface area contributed by atoms with E-state index in [-0.39, 0.29) is 5.95 Å². The number of aliphatic imine (C=N–C) groups is 1. The van der Waals surface area contributed by atoms with E-state index >= 15 is 0 Å². The largest absolute Gasteiger partial charge is 0.463 e. The maximum Gasteiger partial charge on any atom is 0.288 e. The molecule has 0 aromatic carbocycles. The first-order chi connectivity index (χ1) is 5.95. The number of furan rings is 1. The lowest BCUT2D eigenvalue weighted by atomic mass is 10.5. The maximum atomic E-state index is 5.00. The molecule has 0 unspecified atom stereocenters. The molecule has 2 aromatic heterocycles. The first-order valence-corrected chi connectivity index (χ1v) is 3.26. The molecule has 0 fully saturated rings. The Hall–Kier alpha value is -1.98. The molecular weight excluding hydrogens is 158 g/mol. The molecule has 1 N–H and O–H groups in total. The number of aromatic amines is 1. The molecule has 0 spiro atoms. The summed E-state index contributed by atoms with van der Waals surface area (Å²) >= 11 is 0. The maximum absolute atomic E-state index is 5.00. The van der Waals surface area contributed by atoms with Gasteiger partial charge in [0.1, 0.15) is 5.76 Å². The zero-order valence-corrected chi connectivity index (χ0v) is 6.01. The lowest BCUT2D eigenvalue weighted by molar-refractivity contribution is 0.560. The second-order valence-electron chi connectivity index (χ2n) is 1.99. The molecule has 0 radical (unpaired) electrons. The van der Waals surface area contributed by atoms with Gasteiger partial charge in [-0.05, 0) is 17.3 Å². The Bertz CT molecular complexity index is 313. The number of nitrogens with one attached hydrogen (secondary N) is 1. The molecule has 0 atom stereocenters. The second kappa shape index (κ2) is 2.95. The van der Waals surface area contributed by atoms with Crippen LogP contribution in [0.2, 0.25) is 0 Å². The fourth-order valence-corrected chi connectivity index (χ4v) is 0.697. The topological polar surface area (TPSA) is 80.0 Å². The standard InChI is InChI=1S/C6H5N5O/c1-2-5(12-3-1)4-7-6-8-10-11-9-6/h1-4H,(H,8,9,10,11). The van der Waals surface area contributed by atoms with Crippen LogP contribution in [0.4, 0.5) is 5.95 Å². The summed E-state index contributed by atoms with van der Waals surface area (Å²) in [7, 11) is 0. The van der Waals surface area contributed by atoms with Crippen molar-refractivity contribution in [2.45, 2.75) is 0 Å². The van der Waals surface area contributed by atoms with E-state index in [0.29, 0.717) is 5.76 Å². The Labute approximate surface area is 67.3 Å². The molecule has 2 rings (SSSR count). The molecule has 0 aliphatic carbocycles. The summed E-state index contributed by atoms with van der Waals surface area (Å²) in [5, 5.41) is 12.9. The van der Waals surface area contributed by atoms with Crippen molar-refractivity contribution in [1.82, 2.24) is 20.6 Å². The highest BCUT2D eigenvalue weighted by Crippen LogP contribution is 2.00. The van der Waals surface area contributed by atoms with Crippen molar-refractivity contribution in [2.75, 3.05) is 0 Å². The van der Waals surface area contributed by atoms with Gasteiger partial charge < -0.3 is 4.42 Å². The van der Waals surface area contributed by atoms with Crippen molar-refractivity contribution in [3.63, 3.8) is 0 Å². The molecule has 0 aliphatic heterocycles. The van der Waals surface area contributed by atoms with Crippen molar-refractivity contribution in [3.05, 3.63) is 24.2 Å². The summed E-state index contributed by atoms with van der Waals surface area (Å²) in [6.45, 7) is 0. The van der Waals surface area contributed by atoms with Crippen LogP contribution in [-0.2, 0) is 0 Å². The minimum absolute atomic E-state index is 0.284. The highest BCUT2D eigenvalue weighted by Gasteiger charge is 1.92. The third kappa shape index (κ3) is 1.36. The number of nitrogens with zero attached hydrogens (tertiary/aromatic N) is 4. The third-order valence-electron chi connectivity index (χ3n) is 1.18. The van der Waals surface area contributed by atoms with Gasteiger partial charge in [-0.15, -0.1) is 5.10 Å². The number of hydrogen-bond acceptors (Lipinski definition) is 5. The molecule has 0 amide bonds. The Morgan fingerprint density at radius 1 is 1.58 bits per heavy atom. The van der Waals surface area contributed by atoms with E-state index in [1.807, 2.05) is 0 Å². The van der Waals surface area contributed by atoms with Gasteiger partial charge in [-0.3, -0.25) is 0 Å². The van der Waals surface area contributed by atoms with Crippen LogP contribution in [0.15, 0.2) is 27.8 Å². The minimum atomic E-state index is 0.284. The average Bonchev–Trinajstić information content (AvgIpc) is 2.74. The van der Waals surface area contributed by atoms with E-state index in [1.165, 1.54) is 6.21 Å². The van der Waals surface area contributed by atoms with E-state index in [9.17, 15) is 0 Å². The van der Waals surface area contributed by atoms with Crippen LogP contribution >= 0.6 is 0 Å². The molecule has 0 saturated heterocycles. The Morgan fingerprint density at radius 2 is 2.58 bits per heavy atom. The van der Waals surface area contributed by atoms with Crippen LogP contribution < -0.4 is 0 Å². The Balaban J connectivity index is 2.14. The highest BCUT2D eigenvalue weighted by atomic mass is 16.3. The predicted molar refractivity (Wildman–Crippen MR) is 40.1 cm³/mol. The number of aromatic nitrogens is 4. The van der Waals surface area contributed by atoms with Gasteiger partial charge in [0.2, 0.25) is 0 Å². The molecule has 0 bridgehead atoms. The summed E-state index contributed by atoms with van der Waals surface area (Å²) < 4.78 is 5.00. The summed E-state index contributed by atoms with van der Waals surface area (Å²) in [5.74, 6) is 0.936. The van der Waals surface area contributed by atoms with Gasteiger partial charge in [0.05, 0.1) is 12.5 Å². The normalized spacial score (nSPS) is 11.0. The van der Waals surface area contributed by atoms with Crippen molar-refractivity contribution in [2.24, 2.45) is 4.99 Å². The number of rotatable bonds is 2. The third-order valence-corrected chi connectivity index (χ3v) is 1.18. The average molecular weight is 163 g/mol. The fourth-order valence-electron chi connectivity index (χ4n) is 0.697.